The highest BCUT2D eigenvalue weighted by atomic mass is 16.7. The molecule has 0 aromatic heterocycles. The minimum absolute atomic E-state index is 0.0266. The highest BCUT2D eigenvalue weighted by Gasteiger charge is 2.20. The van der Waals surface area contributed by atoms with Gasteiger partial charge in [0.05, 0.1) is 13.5 Å². The first-order chi connectivity index (χ1) is 11.0. The number of hydrogen-bond acceptors (Lipinski definition) is 5. The van der Waals surface area contributed by atoms with Gasteiger partial charge in [0.2, 0.25) is 0 Å². The molecule has 2 rings (SSSR count). The zero-order valence-electron chi connectivity index (χ0n) is 13.1. The second kappa shape index (κ2) is 7.60. The van der Waals surface area contributed by atoms with Crippen molar-refractivity contribution >= 4 is 22.6 Å². The van der Waals surface area contributed by atoms with Crippen molar-refractivity contribution in [3.8, 4) is 5.75 Å². The van der Waals surface area contributed by atoms with Gasteiger partial charge in [-0.25, -0.2) is 0 Å². The molecule has 0 bridgehead atoms. The van der Waals surface area contributed by atoms with Crippen LogP contribution >= 0.6 is 0 Å². The van der Waals surface area contributed by atoms with Gasteiger partial charge in [0.25, 0.3) is 12.2 Å². The molecule has 1 unspecified atom stereocenters. The summed E-state index contributed by atoms with van der Waals surface area (Å²) < 4.78 is 15.1. The standard InChI is InChI=1S/C17H19NO5/c1-3-22-17(16(18)20)23-15(19)9-11-4-5-13-10-14(21-2)7-6-12(13)8-11/h4-8,10,17H,3,9H2,1-2H3,(H2,18,20). The minimum atomic E-state index is -1.35. The number of carbonyl (C=O) groups excluding carboxylic acids is 2. The van der Waals surface area contributed by atoms with Crippen molar-refractivity contribution in [2.24, 2.45) is 5.73 Å². The number of amides is 1. The lowest BCUT2D eigenvalue weighted by Crippen LogP contribution is -2.36. The van der Waals surface area contributed by atoms with Crippen LogP contribution in [-0.4, -0.2) is 31.9 Å². The summed E-state index contributed by atoms with van der Waals surface area (Å²) in [5.74, 6) is -0.633. The van der Waals surface area contributed by atoms with Gasteiger partial charge in [0.1, 0.15) is 5.75 Å². The van der Waals surface area contributed by atoms with Crippen LogP contribution in [-0.2, 0) is 25.5 Å². The number of primary amides is 1. The van der Waals surface area contributed by atoms with E-state index in [1.165, 1.54) is 0 Å². The van der Waals surface area contributed by atoms with Crippen LogP contribution < -0.4 is 10.5 Å². The fraction of sp³-hybridized carbons (Fsp3) is 0.294. The van der Waals surface area contributed by atoms with Crippen LogP contribution in [0, 0.1) is 0 Å². The Labute approximate surface area is 134 Å². The summed E-state index contributed by atoms with van der Waals surface area (Å²) in [4.78, 5) is 23.0. The molecule has 23 heavy (non-hydrogen) atoms. The van der Waals surface area contributed by atoms with Crippen molar-refractivity contribution in [1.29, 1.82) is 0 Å². The number of carbonyl (C=O) groups is 2. The van der Waals surface area contributed by atoms with Gasteiger partial charge in [-0.2, -0.15) is 0 Å². The lowest BCUT2D eigenvalue weighted by molar-refractivity contribution is -0.183. The number of fused-ring (bicyclic) bond motifs is 1. The number of rotatable bonds is 7. The zero-order chi connectivity index (χ0) is 16.8. The van der Waals surface area contributed by atoms with Crippen molar-refractivity contribution in [1.82, 2.24) is 0 Å². The summed E-state index contributed by atoms with van der Waals surface area (Å²) in [7, 11) is 1.61. The second-order valence-electron chi connectivity index (χ2n) is 4.90. The number of hydrogen-bond donors (Lipinski definition) is 1. The third-order valence-electron chi connectivity index (χ3n) is 3.25. The molecule has 6 heteroatoms. The maximum absolute atomic E-state index is 11.9. The van der Waals surface area contributed by atoms with Crippen molar-refractivity contribution in [2.75, 3.05) is 13.7 Å². The fourth-order valence-electron chi connectivity index (χ4n) is 2.16. The number of ether oxygens (including phenoxy) is 3. The smallest absolute Gasteiger partial charge is 0.313 e. The lowest BCUT2D eigenvalue weighted by Gasteiger charge is -2.14. The second-order valence-corrected chi connectivity index (χ2v) is 4.90. The molecule has 0 spiro atoms. The Morgan fingerprint density at radius 1 is 1.13 bits per heavy atom. The molecule has 1 amide bonds. The number of esters is 1. The molecule has 1 atom stereocenters. The third kappa shape index (κ3) is 4.43. The molecule has 2 aromatic rings. The van der Waals surface area contributed by atoms with Gasteiger partial charge in [-0.05, 0) is 35.4 Å². The van der Waals surface area contributed by atoms with Crippen molar-refractivity contribution in [3.05, 3.63) is 42.0 Å². The predicted molar refractivity (Wildman–Crippen MR) is 84.9 cm³/mol. The summed E-state index contributed by atoms with van der Waals surface area (Å²) >= 11 is 0. The van der Waals surface area contributed by atoms with Crippen LogP contribution in [0.5, 0.6) is 5.75 Å². The van der Waals surface area contributed by atoms with Gasteiger partial charge in [0.15, 0.2) is 0 Å². The van der Waals surface area contributed by atoms with Crippen LogP contribution in [0.25, 0.3) is 10.8 Å². The predicted octanol–water partition coefficient (Wildman–Crippen LogP) is 1.78. The Bertz CT molecular complexity index is 713. The number of methoxy groups -OCH3 is 1. The van der Waals surface area contributed by atoms with Gasteiger partial charge in [0, 0.05) is 6.61 Å². The van der Waals surface area contributed by atoms with Gasteiger partial charge >= 0.3 is 5.97 Å². The first-order valence-electron chi connectivity index (χ1n) is 7.20. The Morgan fingerprint density at radius 3 is 2.48 bits per heavy atom. The molecular weight excluding hydrogens is 298 g/mol. The summed E-state index contributed by atoms with van der Waals surface area (Å²) in [5.41, 5.74) is 5.88. The van der Waals surface area contributed by atoms with E-state index in [9.17, 15) is 9.59 Å². The van der Waals surface area contributed by atoms with Gasteiger partial charge in [-0.15, -0.1) is 0 Å². The molecule has 0 aliphatic rings. The maximum atomic E-state index is 11.9. The zero-order valence-corrected chi connectivity index (χ0v) is 13.1. The van der Waals surface area contributed by atoms with Crippen LogP contribution in [0.4, 0.5) is 0 Å². The summed E-state index contributed by atoms with van der Waals surface area (Å²) in [5, 5.41) is 1.98. The number of benzene rings is 2. The van der Waals surface area contributed by atoms with Crippen LogP contribution in [0.3, 0.4) is 0 Å². The van der Waals surface area contributed by atoms with E-state index >= 15 is 0 Å². The molecule has 6 nitrogen and oxygen atoms in total. The maximum Gasteiger partial charge on any atom is 0.313 e. The molecular formula is C17H19NO5. The lowest BCUT2D eigenvalue weighted by atomic mass is 10.0. The van der Waals surface area contributed by atoms with Crippen LogP contribution in [0.15, 0.2) is 36.4 Å². The normalized spacial score (nSPS) is 11.9. The van der Waals surface area contributed by atoms with E-state index in [2.05, 4.69) is 0 Å². The molecule has 2 aromatic carbocycles. The average Bonchev–Trinajstić information content (AvgIpc) is 2.53. The molecule has 0 aliphatic carbocycles. The third-order valence-corrected chi connectivity index (χ3v) is 3.25. The van der Waals surface area contributed by atoms with Crippen LogP contribution in [0.1, 0.15) is 12.5 Å². The van der Waals surface area contributed by atoms with E-state index in [0.717, 1.165) is 22.1 Å². The SMILES string of the molecule is CCOC(OC(=O)Cc1ccc2cc(OC)ccc2c1)C(N)=O. The molecule has 0 radical (unpaired) electrons. The Kier molecular flexibility index (Phi) is 5.54. The van der Waals surface area contributed by atoms with E-state index in [0.29, 0.717) is 0 Å². The molecule has 0 saturated carbocycles. The largest absolute Gasteiger partial charge is 0.497 e. The molecule has 0 fully saturated rings. The highest BCUT2D eigenvalue weighted by Crippen LogP contribution is 2.22. The van der Waals surface area contributed by atoms with Gasteiger partial charge in [-0.3, -0.25) is 9.59 Å². The first-order valence-corrected chi connectivity index (χ1v) is 7.20. The summed E-state index contributed by atoms with van der Waals surface area (Å²) in [6, 6.07) is 11.3. The van der Waals surface area contributed by atoms with E-state index in [4.69, 9.17) is 19.9 Å². The van der Waals surface area contributed by atoms with Crippen LogP contribution in [0.2, 0.25) is 0 Å². The average molecular weight is 317 g/mol. The molecule has 0 saturated heterocycles. The highest BCUT2D eigenvalue weighted by molar-refractivity contribution is 5.86. The van der Waals surface area contributed by atoms with E-state index in [1.54, 1.807) is 14.0 Å². The van der Waals surface area contributed by atoms with Gasteiger partial charge in [-0.1, -0.05) is 24.3 Å². The van der Waals surface area contributed by atoms with E-state index in [-0.39, 0.29) is 13.0 Å². The van der Waals surface area contributed by atoms with Gasteiger partial charge < -0.3 is 19.9 Å². The summed E-state index contributed by atoms with van der Waals surface area (Å²) in [6.07, 6.45) is -1.32. The quantitative estimate of drug-likeness (QED) is 0.621. The topological polar surface area (TPSA) is 87.8 Å². The molecule has 122 valence electrons. The molecule has 0 aliphatic heterocycles. The number of nitrogens with two attached hydrogens (primary N) is 1. The monoisotopic (exact) mass is 317 g/mol. The Hall–Kier alpha value is -2.60. The first kappa shape index (κ1) is 16.8. The van der Waals surface area contributed by atoms with Crippen molar-refractivity contribution < 1.29 is 23.8 Å². The van der Waals surface area contributed by atoms with E-state index in [1.807, 2.05) is 36.4 Å². The van der Waals surface area contributed by atoms with E-state index < -0.39 is 18.2 Å². The Morgan fingerprint density at radius 2 is 1.83 bits per heavy atom. The fourth-order valence-corrected chi connectivity index (χ4v) is 2.16. The molecule has 2 N–H and O–H groups in total. The van der Waals surface area contributed by atoms with Crippen molar-refractivity contribution in [3.63, 3.8) is 0 Å². The molecule has 0 heterocycles. The summed E-state index contributed by atoms with van der Waals surface area (Å²) in [6.45, 7) is 1.90. The minimum Gasteiger partial charge on any atom is -0.497 e. The van der Waals surface area contributed by atoms with Crippen molar-refractivity contribution in [2.45, 2.75) is 19.6 Å². The Balaban J connectivity index is 2.08.